The second-order valence-electron chi connectivity index (χ2n) is 4.81. The molecule has 0 aliphatic carbocycles. The molecule has 0 aliphatic heterocycles. The molecule has 0 spiro atoms. The van der Waals surface area contributed by atoms with Crippen molar-refractivity contribution in [2.24, 2.45) is 0 Å². The van der Waals surface area contributed by atoms with E-state index in [-0.39, 0.29) is 11.7 Å². The van der Waals surface area contributed by atoms with Crippen molar-refractivity contribution in [2.75, 3.05) is 11.9 Å². The van der Waals surface area contributed by atoms with Crippen LogP contribution in [-0.2, 0) is 18.0 Å². The molecule has 3 aromatic heterocycles. The van der Waals surface area contributed by atoms with Gasteiger partial charge in [0.25, 0.3) is 5.91 Å². The van der Waals surface area contributed by atoms with Gasteiger partial charge in [-0.2, -0.15) is 10.2 Å². The van der Waals surface area contributed by atoms with E-state index < -0.39 is 0 Å². The normalized spacial score (nSPS) is 10.8. The van der Waals surface area contributed by atoms with Crippen molar-refractivity contribution in [3.63, 3.8) is 0 Å². The van der Waals surface area contributed by atoms with Crippen LogP contribution in [0.5, 0.6) is 0 Å². The Hall–Kier alpha value is -2.87. The summed E-state index contributed by atoms with van der Waals surface area (Å²) in [5, 5.41) is 10.9. The molecule has 1 amide bonds. The predicted octanol–water partition coefficient (Wildman–Crippen LogP) is 1.97. The first-order valence-electron chi connectivity index (χ1n) is 7.22. The third kappa shape index (κ3) is 3.86. The van der Waals surface area contributed by atoms with Crippen LogP contribution in [0.1, 0.15) is 23.2 Å². The third-order valence-corrected chi connectivity index (χ3v) is 3.08. The van der Waals surface area contributed by atoms with Crippen LogP contribution in [0, 0.1) is 0 Å². The fraction of sp³-hybridized carbons (Fsp3) is 0.267. The van der Waals surface area contributed by atoms with Gasteiger partial charge >= 0.3 is 0 Å². The number of rotatable bonds is 7. The number of ether oxygens (including phenoxy) is 1. The maximum atomic E-state index is 12.2. The van der Waals surface area contributed by atoms with Gasteiger partial charge in [0.1, 0.15) is 12.5 Å². The van der Waals surface area contributed by atoms with Crippen LogP contribution in [0.15, 0.2) is 47.4 Å². The average Bonchev–Trinajstić information content (AvgIpc) is 3.27. The number of hydrogen-bond donors (Lipinski definition) is 1. The molecule has 0 unspecified atom stereocenters. The molecule has 1 N–H and O–H groups in total. The van der Waals surface area contributed by atoms with Crippen LogP contribution in [0.25, 0.3) is 0 Å². The van der Waals surface area contributed by atoms with Gasteiger partial charge in [-0.05, 0) is 25.1 Å². The zero-order valence-electron chi connectivity index (χ0n) is 12.7. The van der Waals surface area contributed by atoms with Crippen LogP contribution < -0.4 is 5.32 Å². The summed E-state index contributed by atoms with van der Waals surface area (Å²) >= 11 is 0. The molecule has 3 rings (SSSR count). The first-order valence-corrected chi connectivity index (χ1v) is 7.22. The molecule has 0 radical (unpaired) electrons. The van der Waals surface area contributed by atoms with Gasteiger partial charge in [-0.3, -0.25) is 9.48 Å². The van der Waals surface area contributed by atoms with Crippen molar-refractivity contribution in [3.05, 3.63) is 54.5 Å². The minimum absolute atomic E-state index is 0.240. The van der Waals surface area contributed by atoms with E-state index in [0.29, 0.717) is 31.3 Å². The molecular formula is C15H17N5O3. The Morgan fingerprint density at radius 3 is 3.04 bits per heavy atom. The monoisotopic (exact) mass is 315 g/mol. The molecule has 3 aromatic rings. The highest BCUT2D eigenvalue weighted by Crippen LogP contribution is 2.12. The van der Waals surface area contributed by atoms with Gasteiger partial charge in [0.2, 0.25) is 0 Å². The average molecular weight is 315 g/mol. The number of furan rings is 1. The van der Waals surface area contributed by atoms with Gasteiger partial charge in [-0.1, -0.05) is 0 Å². The lowest BCUT2D eigenvalue weighted by atomic mass is 10.4. The molecule has 8 heteroatoms. The van der Waals surface area contributed by atoms with E-state index in [1.165, 1.54) is 0 Å². The van der Waals surface area contributed by atoms with Crippen molar-refractivity contribution in [1.29, 1.82) is 0 Å². The lowest BCUT2D eigenvalue weighted by Gasteiger charge is -2.01. The molecule has 0 fully saturated rings. The zero-order valence-corrected chi connectivity index (χ0v) is 12.7. The van der Waals surface area contributed by atoms with E-state index in [1.807, 2.05) is 19.2 Å². The van der Waals surface area contributed by atoms with E-state index in [0.717, 1.165) is 0 Å². The van der Waals surface area contributed by atoms with Gasteiger partial charge < -0.3 is 14.5 Å². The Kier molecular flexibility index (Phi) is 4.53. The van der Waals surface area contributed by atoms with E-state index in [2.05, 4.69) is 15.5 Å². The maximum absolute atomic E-state index is 12.2. The third-order valence-electron chi connectivity index (χ3n) is 3.08. The molecule has 0 aromatic carbocycles. The van der Waals surface area contributed by atoms with Crippen molar-refractivity contribution in [2.45, 2.75) is 20.2 Å². The SMILES string of the molecule is CCOCn1cc(NC(=O)c2ccc(Cn3cccn3)o2)cn1. The van der Waals surface area contributed by atoms with Crippen molar-refractivity contribution >= 4 is 11.6 Å². The number of carbonyl (C=O) groups is 1. The van der Waals surface area contributed by atoms with Crippen LogP contribution in [0.2, 0.25) is 0 Å². The van der Waals surface area contributed by atoms with Crippen LogP contribution in [0.3, 0.4) is 0 Å². The first kappa shape index (κ1) is 15.0. The molecule has 0 atom stereocenters. The summed E-state index contributed by atoms with van der Waals surface area (Å²) in [6.07, 6.45) is 6.77. The van der Waals surface area contributed by atoms with E-state index >= 15 is 0 Å². The highest BCUT2D eigenvalue weighted by molar-refractivity contribution is 6.02. The number of hydrogen-bond acceptors (Lipinski definition) is 5. The van der Waals surface area contributed by atoms with Crippen molar-refractivity contribution < 1.29 is 13.9 Å². The van der Waals surface area contributed by atoms with Crippen LogP contribution in [-0.4, -0.2) is 32.1 Å². The second-order valence-corrected chi connectivity index (χ2v) is 4.81. The van der Waals surface area contributed by atoms with E-state index in [1.54, 1.807) is 40.1 Å². The number of nitrogens with one attached hydrogen (secondary N) is 1. The topological polar surface area (TPSA) is 87.1 Å². The minimum atomic E-state index is -0.326. The fourth-order valence-electron chi connectivity index (χ4n) is 2.01. The van der Waals surface area contributed by atoms with Gasteiger partial charge in [0.15, 0.2) is 5.76 Å². The highest BCUT2D eigenvalue weighted by Gasteiger charge is 2.12. The molecular weight excluding hydrogens is 298 g/mol. The van der Waals surface area contributed by atoms with E-state index in [4.69, 9.17) is 9.15 Å². The summed E-state index contributed by atoms with van der Waals surface area (Å²) in [5.41, 5.74) is 0.583. The van der Waals surface area contributed by atoms with Crippen LogP contribution >= 0.6 is 0 Å². The first-order chi connectivity index (χ1) is 11.2. The fourth-order valence-corrected chi connectivity index (χ4v) is 2.01. The van der Waals surface area contributed by atoms with Crippen molar-refractivity contribution in [3.8, 4) is 0 Å². The Bertz CT molecular complexity index is 760. The molecule has 8 nitrogen and oxygen atoms in total. The summed E-state index contributed by atoms with van der Waals surface area (Å²) in [6, 6.07) is 5.23. The van der Waals surface area contributed by atoms with Gasteiger partial charge in [-0.15, -0.1) is 0 Å². The van der Waals surface area contributed by atoms with Crippen LogP contribution in [0.4, 0.5) is 5.69 Å². The van der Waals surface area contributed by atoms with Gasteiger partial charge in [-0.25, -0.2) is 4.68 Å². The quantitative estimate of drug-likeness (QED) is 0.720. The summed E-state index contributed by atoms with van der Waals surface area (Å²) in [4.78, 5) is 12.2. The number of nitrogens with zero attached hydrogens (tertiary/aromatic N) is 4. The molecule has 0 bridgehead atoms. The summed E-state index contributed by atoms with van der Waals surface area (Å²) in [7, 11) is 0. The number of amides is 1. The smallest absolute Gasteiger partial charge is 0.291 e. The Labute approximate surface area is 132 Å². The van der Waals surface area contributed by atoms with Gasteiger partial charge in [0, 0.05) is 19.0 Å². The minimum Gasteiger partial charge on any atom is -0.454 e. The number of anilines is 1. The number of carbonyl (C=O) groups excluding carboxylic acids is 1. The molecule has 120 valence electrons. The standard InChI is InChI=1S/C15H17N5O3/c1-2-22-11-20-9-12(8-17-20)18-15(21)14-5-4-13(23-14)10-19-7-3-6-16-19/h3-9H,2,10-11H2,1H3,(H,18,21). The van der Waals surface area contributed by atoms with Crippen molar-refractivity contribution in [1.82, 2.24) is 19.6 Å². The molecule has 0 aliphatic rings. The predicted molar refractivity (Wildman–Crippen MR) is 81.8 cm³/mol. The largest absolute Gasteiger partial charge is 0.454 e. The highest BCUT2D eigenvalue weighted by atomic mass is 16.5. The summed E-state index contributed by atoms with van der Waals surface area (Å²) in [6.45, 7) is 3.34. The molecule has 3 heterocycles. The zero-order chi connectivity index (χ0) is 16.1. The summed E-state index contributed by atoms with van der Waals surface area (Å²) < 4.78 is 14.1. The Morgan fingerprint density at radius 1 is 1.35 bits per heavy atom. The maximum Gasteiger partial charge on any atom is 0.291 e. The second kappa shape index (κ2) is 6.93. The summed E-state index contributed by atoms with van der Waals surface area (Å²) in [5.74, 6) is 0.572. The lowest BCUT2D eigenvalue weighted by Crippen LogP contribution is -2.10. The molecule has 0 saturated heterocycles. The Morgan fingerprint density at radius 2 is 2.26 bits per heavy atom. The lowest BCUT2D eigenvalue weighted by molar-refractivity contribution is 0.0792. The van der Waals surface area contributed by atoms with E-state index in [9.17, 15) is 4.79 Å². The van der Waals surface area contributed by atoms with Gasteiger partial charge in [0.05, 0.1) is 24.6 Å². The number of aromatic nitrogens is 4. The molecule has 23 heavy (non-hydrogen) atoms. The Balaban J connectivity index is 1.60. The molecule has 0 saturated carbocycles.